The van der Waals surface area contributed by atoms with Crippen LogP contribution in [0.2, 0.25) is 5.02 Å². The fourth-order valence-electron chi connectivity index (χ4n) is 0.955. The molecule has 0 aliphatic heterocycles. The molecule has 0 fully saturated rings. The normalized spacial score (nSPS) is 9.73. The Balaban J connectivity index is 2.96. The van der Waals surface area contributed by atoms with Crippen molar-refractivity contribution >= 4 is 17.3 Å². The average Bonchev–Trinajstić information content (AvgIpc) is 2.14. The molecule has 0 aliphatic rings. The fraction of sp³-hybridized carbons (Fsp3) is 0.200. The van der Waals surface area contributed by atoms with E-state index < -0.39 is 4.92 Å². The maximum absolute atomic E-state index is 10.6. The van der Waals surface area contributed by atoms with Crippen molar-refractivity contribution in [3.05, 3.63) is 45.5 Å². The van der Waals surface area contributed by atoms with Gasteiger partial charge in [-0.2, -0.15) is 0 Å². The van der Waals surface area contributed by atoms with Gasteiger partial charge in [-0.25, -0.2) is 0 Å². The predicted octanol–water partition coefficient (Wildman–Crippen LogP) is 3.20. The number of hydrogen-bond donors (Lipinski definition) is 0. The minimum absolute atomic E-state index is 0.0966. The highest BCUT2D eigenvalue weighted by Crippen LogP contribution is 2.30. The lowest BCUT2D eigenvalue weighted by molar-refractivity contribution is -0.385. The van der Waals surface area contributed by atoms with Gasteiger partial charge in [-0.3, -0.25) is 10.1 Å². The Hall–Kier alpha value is -1.55. The van der Waals surface area contributed by atoms with Crippen LogP contribution in [0.25, 0.3) is 0 Å². The van der Waals surface area contributed by atoms with Crippen molar-refractivity contribution in [2.45, 2.75) is 6.92 Å². The predicted molar refractivity (Wildman–Crippen MR) is 58.4 cm³/mol. The summed E-state index contributed by atoms with van der Waals surface area (Å²) in [6, 6.07) is 4.19. The molecule has 0 atom stereocenters. The van der Waals surface area contributed by atoms with Crippen LogP contribution in [0.5, 0.6) is 5.75 Å². The molecule has 0 spiro atoms. The Kier molecular flexibility index (Phi) is 3.68. The first-order valence-electron chi connectivity index (χ1n) is 4.22. The van der Waals surface area contributed by atoms with Crippen molar-refractivity contribution in [3.8, 4) is 5.75 Å². The minimum atomic E-state index is -0.510. The highest BCUT2D eigenvalue weighted by Gasteiger charge is 2.14. The molecule has 15 heavy (non-hydrogen) atoms. The molecule has 0 saturated carbocycles. The largest absolute Gasteiger partial charge is 0.482 e. The molecular weight excluding hydrogens is 218 g/mol. The summed E-state index contributed by atoms with van der Waals surface area (Å²) in [5.74, 6) is 0.163. The first kappa shape index (κ1) is 11.5. The van der Waals surface area contributed by atoms with Gasteiger partial charge in [-0.1, -0.05) is 18.2 Å². The Labute approximate surface area is 92.3 Å². The van der Waals surface area contributed by atoms with Crippen LogP contribution in [-0.2, 0) is 0 Å². The zero-order valence-corrected chi connectivity index (χ0v) is 8.95. The molecule has 80 valence electrons. The van der Waals surface area contributed by atoms with Crippen molar-refractivity contribution < 1.29 is 9.66 Å². The average molecular weight is 228 g/mol. The van der Waals surface area contributed by atoms with E-state index >= 15 is 0 Å². The van der Waals surface area contributed by atoms with E-state index in [9.17, 15) is 10.1 Å². The van der Waals surface area contributed by atoms with Gasteiger partial charge in [0.1, 0.15) is 6.61 Å². The van der Waals surface area contributed by atoms with E-state index in [0.29, 0.717) is 5.02 Å². The van der Waals surface area contributed by atoms with E-state index in [1.807, 2.05) is 0 Å². The molecule has 5 heteroatoms. The summed E-state index contributed by atoms with van der Waals surface area (Å²) in [6.07, 6.45) is 0. The summed E-state index contributed by atoms with van der Waals surface area (Å²) < 4.78 is 5.22. The quantitative estimate of drug-likeness (QED) is 0.451. The third-order valence-corrected chi connectivity index (χ3v) is 1.83. The smallest absolute Gasteiger partial charge is 0.311 e. The van der Waals surface area contributed by atoms with Gasteiger partial charge >= 0.3 is 5.69 Å². The second kappa shape index (κ2) is 4.79. The second-order valence-electron chi connectivity index (χ2n) is 3.11. The zero-order valence-electron chi connectivity index (χ0n) is 8.20. The van der Waals surface area contributed by atoms with Crippen molar-refractivity contribution in [1.82, 2.24) is 0 Å². The molecule has 0 amide bonds. The molecule has 1 aromatic carbocycles. The first-order valence-corrected chi connectivity index (χ1v) is 4.59. The number of benzene rings is 1. The molecule has 0 heterocycles. The van der Waals surface area contributed by atoms with Gasteiger partial charge < -0.3 is 4.74 Å². The lowest BCUT2D eigenvalue weighted by atomic mass is 10.3. The molecule has 0 saturated heterocycles. The highest BCUT2D eigenvalue weighted by atomic mass is 35.5. The second-order valence-corrected chi connectivity index (χ2v) is 3.55. The molecule has 4 nitrogen and oxygen atoms in total. The summed E-state index contributed by atoms with van der Waals surface area (Å²) in [5, 5.41) is 11.0. The van der Waals surface area contributed by atoms with Gasteiger partial charge in [-0.05, 0) is 18.6 Å². The first-order chi connectivity index (χ1) is 7.00. The topological polar surface area (TPSA) is 52.4 Å². The summed E-state index contributed by atoms with van der Waals surface area (Å²) in [7, 11) is 0. The monoisotopic (exact) mass is 227 g/mol. The molecule has 1 aromatic rings. The van der Waals surface area contributed by atoms with Crippen LogP contribution in [0.3, 0.4) is 0 Å². The third kappa shape index (κ3) is 3.25. The molecule has 0 aromatic heterocycles. The van der Waals surface area contributed by atoms with Gasteiger partial charge in [0, 0.05) is 17.2 Å². The van der Waals surface area contributed by atoms with Crippen molar-refractivity contribution in [1.29, 1.82) is 0 Å². The Bertz CT molecular complexity index is 404. The molecule has 0 aliphatic carbocycles. The Morgan fingerprint density at radius 3 is 2.87 bits per heavy atom. The van der Waals surface area contributed by atoms with Crippen LogP contribution in [0.1, 0.15) is 6.92 Å². The minimum Gasteiger partial charge on any atom is -0.482 e. The van der Waals surface area contributed by atoms with Crippen LogP contribution < -0.4 is 4.74 Å². The summed E-state index contributed by atoms with van der Waals surface area (Å²) in [6.45, 7) is 5.65. The van der Waals surface area contributed by atoms with Crippen LogP contribution in [0.4, 0.5) is 5.69 Å². The maximum atomic E-state index is 10.6. The summed E-state index contributed by atoms with van der Waals surface area (Å²) in [4.78, 5) is 10.1. The van der Waals surface area contributed by atoms with Crippen molar-refractivity contribution in [2.24, 2.45) is 0 Å². The van der Waals surface area contributed by atoms with E-state index in [-0.39, 0.29) is 18.0 Å². The Morgan fingerprint density at radius 2 is 2.33 bits per heavy atom. The van der Waals surface area contributed by atoms with Gasteiger partial charge in [0.2, 0.25) is 0 Å². The van der Waals surface area contributed by atoms with Crippen LogP contribution in [-0.4, -0.2) is 11.5 Å². The van der Waals surface area contributed by atoms with Gasteiger partial charge in [0.15, 0.2) is 5.75 Å². The Morgan fingerprint density at radius 1 is 1.67 bits per heavy atom. The van der Waals surface area contributed by atoms with Crippen LogP contribution >= 0.6 is 11.6 Å². The SMILES string of the molecule is C=C(C)COc1cc(Cl)ccc1[N+](=O)[O-]. The van der Waals surface area contributed by atoms with Gasteiger partial charge in [0.05, 0.1) is 4.92 Å². The lowest BCUT2D eigenvalue weighted by Gasteiger charge is -2.06. The standard InChI is InChI=1S/C10H10ClNO3/c1-7(2)6-15-10-5-8(11)3-4-9(10)12(13)14/h3-5H,1,6H2,2H3. The van der Waals surface area contributed by atoms with Crippen molar-refractivity contribution in [2.75, 3.05) is 6.61 Å². The summed E-state index contributed by atoms with van der Waals surface area (Å²) in [5.41, 5.74) is 0.685. The third-order valence-electron chi connectivity index (χ3n) is 1.59. The van der Waals surface area contributed by atoms with Gasteiger partial charge in [-0.15, -0.1) is 0 Å². The number of ether oxygens (including phenoxy) is 1. The number of rotatable bonds is 4. The molecular formula is C10H10ClNO3. The molecule has 0 radical (unpaired) electrons. The van der Waals surface area contributed by atoms with E-state index in [1.54, 1.807) is 6.92 Å². The summed E-state index contributed by atoms with van der Waals surface area (Å²) >= 11 is 5.71. The fourth-order valence-corrected chi connectivity index (χ4v) is 1.12. The maximum Gasteiger partial charge on any atom is 0.311 e. The lowest BCUT2D eigenvalue weighted by Crippen LogP contribution is -2.00. The number of nitro benzene ring substituents is 1. The van der Waals surface area contributed by atoms with Crippen molar-refractivity contribution in [3.63, 3.8) is 0 Å². The number of nitro groups is 1. The van der Waals surface area contributed by atoms with Gasteiger partial charge in [0.25, 0.3) is 0 Å². The zero-order chi connectivity index (χ0) is 11.4. The number of halogens is 1. The van der Waals surface area contributed by atoms with E-state index in [4.69, 9.17) is 16.3 Å². The number of hydrogen-bond acceptors (Lipinski definition) is 3. The van der Waals surface area contributed by atoms with E-state index in [0.717, 1.165) is 5.57 Å². The molecule has 0 unspecified atom stereocenters. The van der Waals surface area contributed by atoms with Crippen LogP contribution in [0.15, 0.2) is 30.4 Å². The van der Waals surface area contributed by atoms with Crippen LogP contribution in [0, 0.1) is 10.1 Å². The number of nitrogens with zero attached hydrogens (tertiary/aromatic N) is 1. The molecule has 0 N–H and O–H groups in total. The highest BCUT2D eigenvalue weighted by molar-refractivity contribution is 6.30. The molecule has 0 bridgehead atoms. The van der Waals surface area contributed by atoms with E-state index in [2.05, 4.69) is 6.58 Å². The molecule has 1 rings (SSSR count). The van der Waals surface area contributed by atoms with E-state index in [1.165, 1.54) is 18.2 Å².